The van der Waals surface area contributed by atoms with Crippen LogP contribution in [0.15, 0.2) is 51.9 Å². The molecule has 0 aliphatic heterocycles. The highest BCUT2D eigenvalue weighted by Crippen LogP contribution is 2.13. The number of furan rings is 1. The maximum atomic E-state index is 12.5. The largest absolute Gasteiger partial charge is 0.468 e. The van der Waals surface area contributed by atoms with Crippen molar-refractivity contribution in [2.45, 2.75) is 32.2 Å². The lowest BCUT2D eigenvalue weighted by atomic mass is 10.3. The second kappa shape index (κ2) is 8.80. The van der Waals surface area contributed by atoms with E-state index in [4.69, 9.17) is 4.42 Å². The van der Waals surface area contributed by atoms with E-state index in [1.165, 1.54) is 0 Å². The van der Waals surface area contributed by atoms with Gasteiger partial charge in [0.2, 0.25) is 5.91 Å². The number of thioether (sulfide) groups is 1. The molecule has 0 saturated carbocycles. The Morgan fingerprint density at radius 2 is 1.92 bits per heavy atom. The van der Waals surface area contributed by atoms with Gasteiger partial charge in [-0.15, -0.1) is 0 Å². The van der Waals surface area contributed by atoms with Crippen LogP contribution < -0.4 is 11.0 Å². The van der Waals surface area contributed by atoms with Crippen LogP contribution in [-0.2, 0) is 23.6 Å². The van der Waals surface area contributed by atoms with Gasteiger partial charge in [-0.25, -0.2) is 4.79 Å². The third kappa shape index (κ3) is 4.22. The standard InChI is InChI=1S/C19H23N3O3S/c1-2-21-16-7-3-4-8-17(16)22(19(21)24)11-9-18(23)20-10-13-26-14-15-6-5-12-25-15/h3-8,12H,2,9-11,13-14H2,1H3,(H,20,23). The van der Waals surface area contributed by atoms with Gasteiger partial charge in [-0.1, -0.05) is 12.1 Å². The summed E-state index contributed by atoms with van der Waals surface area (Å²) in [6.07, 6.45) is 1.95. The minimum absolute atomic E-state index is 0.0381. The lowest BCUT2D eigenvalue weighted by molar-refractivity contribution is -0.121. The minimum atomic E-state index is -0.0597. The Labute approximate surface area is 156 Å². The first-order valence-corrected chi connectivity index (χ1v) is 9.91. The Morgan fingerprint density at radius 1 is 1.15 bits per heavy atom. The van der Waals surface area contributed by atoms with Crippen molar-refractivity contribution in [1.29, 1.82) is 0 Å². The summed E-state index contributed by atoms with van der Waals surface area (Å²) < 4.78 is 8.68. The van der Waals surface area contributed by atoms with E-state index in [1.807, 2.05) is 43.3 Å². The molecule has 1 aromatic carbocycles. The second-order valence-corrected chi connectivity index (χ2v) is 7.00. The van der Waals surface area contributed by atoms with E-state index >= 15 is 0 Å². The molecule has 0 bridgehead atoms. The number of hydrogen-bond acceptors (Lipinski definition) is 4. The Kier molecular flexibility index (Phi) is 6.22. The maximum absolute atomic E-state index is 12.5. The smallest absolute Gasteiger partial charge is 0.329 e. The van der Waals surface area contributed by atoms with E-state index in [0.717, 1.165) is 28.3 Å². The number of nitrogens with one attached hydrogen (secondary N) is 1. The SMILES string of the molecule is CCn1c(=O)n(CCC(=O)NCCSCc2ccco2)c2ccccc21. The van der Waals surface area contributed by atoms with Crippen molar-refractivity contribution >= 4 is 28.7 Å². The van der Waals surface area contributed by atoms with Gasteiger partial charge < -0.3 is 9.73 Å². The van der Waals surface area contributed by atoms with Crippen LogP contribution in [0.25, 0.3) is 11.0 Å². The quantitative estimate of drug-likeness (QED) is 0.586. The second-order valence-electron chi connectivity index (χ2n) is 5.90. The zero-order chi connectivity index (χ0) is 18.4. The number of carbonyl (C=O) groups is 1. The number of hydrogen-bond donors (Lipinski definition) is 1. The molecule has 3 aromatic rings. The molecule has 1 N–H and O–H groups in total. The molecular weight excluding hydrogens is 350 g/mol. The summed E-state index contributed by atoms with van der Waals surface area (Å²) in [5.74, 6) is 2.52. The van der Waals surface area contributed by atoms with Crippen molar-refractivity contribution in [2.24, 2.45) is 0 Å². The molecule has 26 heavy (non-hydrogen) atoms. The highest BCUT2D eigenvalue weighted by molar-refractivity contribution is 7.98. The number of fused-ring (bicyclic) bond motifs is 1. The molecule has 138 valence electrons. The van der Waals surface area contributed by atoms with Crippen LogP contribution in [0.5, 0.6) is 0 Å². The van der Waals surface area contributed by atoms with Crippen LogP contribution >= 0.6 is 11.8 Å². The Morgan fingerprint density at radius 3 is 2.62 bits per heavy atom. The van der Waals surface area contributed by atoms with Gasteiger partial charge in [0.1, 0.15) is 5.76 Å². The van der Waals surface area contributed by atoms with Crippen molar-refractivity contribution in [3.63, 3.8) is 0 Å². The van der Waals surface area contributed by atoms with Crippen molar-refractivity contribution < 1.29 is 9.21 Å². The molecule has 0 aliphatic rings. The Balaban J connectivity index is 1.48. The topological polar surface area (TPSA) is 69.2 Å². The summed E-state index contributed by atoms with van der Waals surface area (Å²) >= 11 is 1.71. The normalized spacial score (nSPS) is 11.1. The average molecular weight is 373 g/mol. The van der Waals surface area contributed by atoms with Crippen LogP contribution in [-0.4, -0.2) is 27.3 Å². The maximum Gasteiger partial charge on any atom is 0.329 e. The summed E-state index contributed by atoms with van der Waals surface area (Å²) in [6, 6.07) is 11.5. The third-order valence-corrected chi connectivity index (χ3v) is 5.18. The van der Waals surface area contributed by atoms with Crippen molar-refractivity contribution in [3.05, 3.63) is 58.9 Å². The molecule has 0 radical (unpaired) electrons. The fourth-order valence-electron chi connectivity index (χ4n) is 2.93. The number of amides is 1. The first-order chi connectivity index (χ1) is 12.7. The third-order valence-electron chi connectivity index (χ3n) is 4.20. The van der Waals surface area contributed by atoms with Crippen LogP contribution in [0.3, 0.4) is 0 Å². The summed E-state index contributed by atoms with van der Waals surface area (Å²) in [4.78, 5) is 24.6. The zero-order valence-electron chi connectivity index (χ0n) is 14.8. The molecule has 7 heteroatoms. The van der Waals surface area contributed by atoms with Gasteiger partial charge in [0.05, 0.1) is 23.0 Å². The highest BCUT2D eigenvalue weighted by Gasteiger charge is 2.12. The van der Waals surface area contributed by atoms with E-state index in [9.17, 15) is 9.59 Å². The van der Waals surface area contributed by atoms with Gasteiger partial charge in [0.15, 0.2) is 0 Å². The molecule has 3 rings (SSSR count). The molecule has 0 atom stereocenters. The van der Waals surface area contributed by atoms with Crippen LogP contribution in [0.4, 0.5) is 0 Å². The summed E-state index contributed by atoms with van der Waals surface area (Å²) in [7, 11) is 0. The van der Waals surface area contributed by atoms with E-state index in [1.54, 1.807) is 27.2 Å². The van der Waals surface area contributed by atoms with Crippen molar-refractivity contribution in [2.75, 3.05) is 12.3 Å². The number of rotatable bonds is 9. The first kappa shape index (κ1) is 18.4. The lowest BCUT2D eigenvalue weighted by Crippen LogP contribution is -2.29. The average Bonchev–Trinajstić information content (AvgIpc) is 3.25. The lowest BCUT2D eigenvalue weighted by Gasteiger charge is -2.06. The molecule has 2 heterocycles. The molecule has 0 unspecified atom stereocenters. The van der Waals surface area contributed by atoms with Gasteiger partial charge in [-0.2, -0.15) is 11.8 Å². The minimum Gasteiger partial charge on any atom is -0.468 e. The van der Waals surface area contributed by atoms with Crippen LogP contribution in [0.1, 0.15) is 19.1 Å². The predicted molar refractivity (Wildman–Crippen MR) is 104 cm³/mol. The molecular formula is C19H23N3O3S. The molecule has 6 nitrogen and oxygen atoms in total. The molecule has 0 aliphatic carbocycles. The Bertz CT molecular complexity index is 912. The number of aryl methyl sites for hydroxylation is 2. The van der Waals surface area contributed by atoms with Gasteiger partial charge in [0.25, 0.3) is 0 Å². The number of carbonyl (C=O) groups excluding carboxylic acids is 1. The molecule has 0 saturated heterocycles. The van der Waals surface area contributed by atoms with Gasteiger partial charge >= 0.3 is 5.69 Å². The highest BCUT2D eigenvalue weighted by atomic mass is 32.2. The van der Waals surface area contributed by atoms with E-state index in [0.29, 0.717) is 26.1 Å². The Hall–Kier alpha value is -2.41. The number of para-hydroxylation sites is 2. The van der Waals surface area contributed by atoms with Crippen LogP contribution in [0.2, 0.25) is 0 Å². The zero-order valence-corrected chi connectivity index (χ0v) is 15.6. The summed E-state index contributed by atoms with van der Waals surface area (Å²) in [5.41, 5.74) is 1.73. The van der Waals surface area contributed by atoms with E-state index < -0.39 is 0 Å². The fourth-order valence-corrected chi connectivity index (χ4v) is 3.68. The van der Waals surface area contributed by atoms with Gasteiger partial charge in [-0.05, 0) is 31.2 Å². The monoisotopic (exact) mass is 373 g/mol. The molecule has 1 amide bonds. The van der Waals surface area contributed by atoms with Gasteiger partial charge in [-0.3, -0.25) is 13.9 Å². The van der Waals surface area contributed by atoms with Crippen molar-refractivity contribution in [3.8, 4) is 0 Å². The molecule has 0 fully saturated rings. The summed E-state index contributed by atoms with van der Waals surface area (Å²) in [5, 5.41) is 2.91. The number of imidazole rings is 1. The first-order valence-electron chi connectivity index (χ1n) is 8.75. The van der Waals surface area contributed by atoms with E-state index in [-0.39, 0.29) is 11.6 Å². The fraction of sp³-hybridized carbons (Fsp3) is 0.368. The number of aromatic nitrogens is 2. The summed E-state index contributed by atoms with van der Waals surface area (Å²) in [6.45, 7) is 3.56. The van der Waals surface area contributed by atoms with Crippen LogP contribution in [0, 0.1) is 0 Å². The van der Waals surface area contributed by atoms with Crippen molar-refractivity contribution in [1.82, 2.24) is 14.5 Å². The van der Waals surface area contributed by atoms with E-state index in [2.05, 4.69) is 5.32 Å². The number of nitrogens with zero attached hydrogens (tertiary/aromatic N) is 2. The molecule has 2 aromatic heterocycles. The van der Waals surface area contributed by atoms with Gasteiger partial charge in [0, 0.05) is 31.8 Å². The molecule has 0 spiro atoms. The number of benzene rings is 1. The predicted octanol–water partition coefficient (Wildman–Crippen LogP) is 2.86.